The lowest BCUT2D eigenvalue weighted by Crippen LogP contribution is -2.10. The van der Waals surface area contributed by atoms with E-state index in [1.165, 1.54) is 0 Å². The van der Waals surface area contributed by atoms with Crippen LogP contribution in [0, 0.1) is 22.7 Å². The molecule has 20 heavy (non-hydrogen) atoms. The normalized spacial score (nSPS) is 13.3. The van der Waals surface area contributed by atoms with E-state index in [2.05, 4.69) is 10.2 Å². The Morgan fingerprint density at radius 3 is 1.50 bits per heavy atom. The van der Waals surface area contributed by atoms with E-state index in [4.69, 9.17) is 20.7 Å². The Labute approximate surface area is 116 Å². The zero-order valence-corrected chi connectivity index (χ0v) is 10.9. The number of carboxylic acids is 2. The monoisotopic (exact) mass is 280 g/mol. The molecule has 0 spiro atoms. The predicted molar refractivity (Wildman–Crippen MR) is 66.6 cm³/mol. The summed E-state index contributed by atoms with van der Waals surface area (Å²) in [6.07, 6.45) is 0.200. The van der Waals surface area contributed by atoms with E-state index in [1.54, 1.807) is 0 Å². The molecule has 0 aliphatic carbocycles. The fourth-order valence-electron chi connectivity index (χ4n) is 1.38. The summed E-state index contributed by atoms with van der Waals surface area (Å²) in [7, 11) is 0. The van der Waals surface area contributed by atoms with Crippen molar-refractivity contribution in [2.45, 2.75) is 50.6 Å². The summed E-state index contributed by atoms with van der Waals surface area (Å²) >= 11 is 0. The number of hydrogen-bond donors (Lipinski definition) is 2. The van der Waals surface area contributed by atoms with E-state index in [9.17, 15) is 9.59 Å². The summed E-state index contributed by atoms with van der Waals surface area (Å²) in [4.78, 5) is 20.9. The van der Waals surface area contributed by atoms with Gasteiger partial charge >= 0.3 is 11.9 Å². The molecule has 108 valence electrons. The number of aliphatic carboxylic acids is 2. The van der Waals surface area contributed by atoms with Crippen LogP contribution in [0.25, 0.3) is 0 Å². The molecular formula is C12H16N4O4. The Bertz CT molecular complexity index is 396. The van der Waals surface area contributed by atoms with Crippen molar-refractivity contribution in [3.8, 4) is 12.1 Å². The van der Waals surface area contributed by atoms with Crippen molar-refractivity contribution in [3.63, 3.8) is 0 Å². The highest BCUT2D eigenvalue weighted by Crippen LogP contribution is 2.12. The first-order valence-electron chi connectivity index (χ1n) is 6.07. The Hall–Kier alpha value is -2.48. The van der Waals surface area contributed by atoms with E-state index in [0.717, 1.165) is 0 Å². The van der Waals surface area contributed by atoms with Crippen LogP contribution in [-0.2, 0) is 9.59 Å². The van der Waals surface area contributed by atoms with Gasteiger partial charge in [-0.3, -0.25) is 9.59 Å². The maximum absolute atomic E-state index is 10.5. The van der Waals surface area contributed by atoms with Crippen molar-refractivity contribution in [2.24, 2.45) is 10.2 Å². The molecule has 2 N–H and O–H groups in total. The van der Waals surface area contributed by atoms with Gasteiger partial charge in [-0.1, -0.05) is 0 Å². The number of nitrogens with zero attached hydrogens (tertiary/aromatic N) is 4. The first kappa shape index (κ1) is 17.5. The van der Waals surface area contributed by atoms with Gasteiger partial charge in [-0.05, 0) is 12.8 Å². The van der Waals surface area contributed by atoms with Crippen LogP contribution < -0.4 is 0 Å². The predicted octanol–water partition coefficient (Wildman–Crippen LogP) is 1.73. The highest BCUT2D eigenvalue weighted by atomic mass is 16.4. The highest BCUT2D eigenvalue weighted by Gasteiger charge is 2.13. The topological polar surface area (TPSA) is 147 Å². The molecule has 0 bridgehead atoms. The van der Waals surface area contributed by atoms with E-state index in [0.29, 0.717) is 0 Å². The average molecular weight is 280 g/mol. The van der Waals surface area contributed by atoms with Crippen molar-refractivity contribution >= 4 is 11.9 Å². The number of nitriles is 2. The van der Waals surface area contributed by atoms with E-state index >= 15 is 0 Å². The lowest BCUT2D eigenvalue weighted by atomic mass is 10.1. The van der Waals surface area contributed by atoms with Gasteiger partial charge in [-0.2, -0.15) is 20.8 Å². The third kappa shape index (κ3) is 9.54. The molecule has 0 aromatic rings. The van der Waals surface area contributed by atoms with Crippen LogP contribution in [0.4, 0.5) is 0 Å². The van der Waals surface area contributed by atoms with Crippen LogP contribution in [0.2, 0.25) is 0 Å². The van der Waals surface area contributed by atoms with Gasteiger partial charge in [0.15, 0.2) is 0 Å². The molecule has 0 rings (SSSR count). The smallest absolute Gasteiger partial charge is 0.303 e. The molecule has 0 fully saturated rings. The van der Waals surface area contributed by atoms with Crippen LogP contribution in [0.5, 0.6) is 0 Å². The summed E-state index contributed by atoms with van der Waals surface area (Å²) in [6.45, 7) is 0. The molecule has 2 atom stereocenters. The van der Waals surface area contributed by atoms with Crippen LogP contribution in [0.1, 0.15) is 38.5 Å². The minimum absolute atomic E-state index is 0.0367. The van der Waals surface area contributed by atoms with Gasteiger partial charge in [-0.15, -0.1) is 0 Å². The fourth-order valence-corrected chi connectivity index (χ4v) is 1.38. The van der Waals surface area contributed by atoms with Gasteiger partial charge in [0.1, 0.15) is 0 Å². The van der Waals surface area contributed by atoms with Crippen molar-refractivity contribution in [1.29, 1.82) is 10.5 Å². The molecule has 0 aromatic carbocycles. The van der Waals surface area contributed by atoms with Crippen molar-refractivity contribution in [3.05, 3.63) is 0 Å². The second-order valence-electron chi connectivity index (χ2n) is 4.13. The van der Waals surface area contributed by atoms with Crippen LogP contribution in [0.15, 0.2) is 10.2 Å². The Morgan fingerprint density at radius 1 is 0.900 bits per heavy atom. The van der Waals surface area contributed by atoms with Gasteiger partial charge in [0.25, 0.3) is 0 Å². The largest absolute Gasteiger partial charge is 0.481 e. The van der Waals surface area contributed by atoms with Gasteiger partial charge in [0.05, 0.1) is 37.1 Å². The zero-order chi connectivity index (χ0) is 15.4. The molecule has 0 radical (unpaired) electrons. The van der Waals surface area contributed by atoms with E-state index in [1.807, 2.05) is 12.1 Å². The standard InChI is InChI=1S/C12H16N4O4/c13-7-5-9(1-3-11(17)18)15-16-10(6-8-14)2-4-12(19)20/h9-10H,1-6H2,(H,17,18)(H,19,20)/t9-,10-/m1/s1. The van der Waals surface area contributed by atoms with Gasteiger partial charge in [0.2, 0.25) is 0 Å². The molecule has 0 unspecified atom stereocenters. The van der Waals surface area contributed by atoms with Crippen LogP contribution >= 0.6 is 0 Å². The lowest BCUT2D eigenvalue weighted by Gasteiger charge is -2.09. The van der Waals surface area contributed by atoms with E-state index < -0.39 is 24.0 Å². The van der Waals surface area contributed by atoms with Crippen molar-refractivity contribution in [1.82, 2.24) is 0 Å². The van der Waals surface area contributed by atoms with Gasteiger partial charge < -0.3 is 10.2 Å². The lowest BCUT2D eigenvalue weighted by molar-refractivity contribution is -0.138. The molecule has 0 amide bonds. The quantitative estimate of drug-likeness (QED) is 0.582. The average Bonchev–Trinajstić information content (AvgIpc) is 2.38. The molecule has 8 nitrogen and oxygen atoms in total. The number of azo groups is 1. The third-order valence-corrected chi connectivity index (χ3v) is 2.43. The second kappa shape index (κ2) is 10.4. The van der Waals surface area contributed by atoms with Crippen LogP contribution in [0.3, 0.4) is 0 Å². The number of hydrogen-bond acceptors (Lipinski definition) is 6. The Morgan fingerprint density at radius 2 is 1.25 bits per heavy atom. The molecule has 0 aliphatic rings. The highest BCUT2D eigenvalue weighted by molar-refractivity contribution is 5.67. The Balaban J connectivity index is 4.51. The van der Waals surface area contributed by atoms with E-state index in [-0.39, 0.29) is 38.5 Å². The fraction of sp³-hybridized carbons (Fsp3) is 0.667. The maximum Gasteiger partial charge on any atom is 0.303 e. The van der Waals surface area contributed by atoms with Gasteiger partial charge in [-0.25, -0.2) is 0 Å². The summed E-state index contributed by atoms with van der Waals surface area (Å²) in [5, 5.41) is 42.1. The van der Waals surface area contributed by atoms with Crippen molar-refractivity contribution < 1.29 is 19.8 Å². The third-order valence-electron chi connectivity index (χ3n) is 2.43. The molecule has 0 saturated carbocycles. The molecule has 8 heteroatoms. The molecule has 0 heterocycles. The van der Waals surface area contributed by atoms with Crippen LogP contribution in [-0.4, -0.2) is 34.2 Å². The summed E-state index contributed by atoms with van der Waals surface area (Å²) < 4.78 is 0. The Kier molecular flexibility index (Phi) is 9.15. The molecule has 0 aromatic heterocycles. The number of rotatable bonds is 10. The number of carbonyl (C=O) groups is 2. The second-order valence-corrected chi connectivity index (χ2v) is 4.13. The zero-order valence-electron chi connectivity index (χ0n) is 10.9. The summed E-state index contributed by atoms with van der Waals surface area (Å²) in [5.74, 6) is -1.97. The summed E-state index contributed by atoms with van der Waals surface area (Å²) in [5.41, 5.74) is 0. The first-order valence-corrected chi connectivity index (χ1v) is 6.07. The molecule has 0 aliphatic heterocycles. The maximum atomic E-state index is 10.5. The van der Waals surface area contributed by atoms with Crippen molar-refractivity contribution in [2.75, 3.05) is 0 Å². The first-order chi connectivity index (χ1) is 9.49. The molecular weight excluding hydrogens is 264 g/mol. The SMILES string of the molecule is N#CC[C@@H](CCC(=O)O)N=N[C@@H](CC#N)CCC(=O)O. The molecule has 0 saturated heterocycles. The summed E-state index contributed by atoms with van der Waals surface area (Å²) in [6, 6.07) is 2.70. The van der Waals surface area contributed by atoms with Gasteiger partial charge in [0, 0.05) is 12.8 Å². The minimum Gasteiger partial charge on any atom is -0.481 e. The minimum atomic E-state index is -0.984. The number of carboxylic acid groups (broad SMARTS) is 2.